The maximum Gasteiger partial charge on any atom is 0.104 e. The molecule has 0 heterocycles. The summed E-state index contributed by atoms with van der Waals surface area (Å²) in [6.45, 7) is 1.02. The van der Waals surface area contributed by atoms with Crippen molar-refractivity contribution in [1.82, 2.24) is 0 Å². The lowest BCUT2D eigenvalue weighted by Crippen LogP contribution is -3.00. The molecule has 0 fully saturated rings. The summed E-state index contributed by atoms with van der Waals surface area (Å²) in [7, 11) is 6.70. The Morgan fingerprint density at radius 2 is 0.844 bits per heavy atom. The van der Waals surface area contributed by atoms with Crippen molar-refractivity contribution in [1.29, 1.82) is 0 Å². The molecule has 32 heavy (non-hydrogen) atoms. The second-order valence-corrected chi connectivity index (χ2v) is 9.35. The topological polar surface area (TPSA) is 0 Å². The Kier molecular flexibility index (Phi) is 6.06. The average Bonchev–Trinajstić information content (AvgIpc) is 2.77. The van der Waals surface area contributed by atoms with Crippen molar-refractivity contribution in [3.8, 4) is 22.3 Å². The zero-order valence-electron chi connectivity index (χ0n) is 18.8. The summed E-state index contributed by atoms with van der Waals surface area (Å²) < 4.78 is 0.928. The van der Waals surface area contributed by atoms with Crippen molar-refractivity contribution in [2.45, 2.75) is 6.54 Å². The van der Waals surface area contributed by atoms with Gasteiger partial charge in [-0.2, -0.15) is 0 Å². The Hall–Kier alpha value is -3.13. The number of benzene rings is 5. The predicted molar refractivity (Wildman–Crippen MR) is 134 cm³/mol. The molecular formula is C30H28ClN. The van der Waals surface area contributed by atoms with Gasteiger partial charge in [0.15, 0.2) is 0 Å². The van der Waals surface area contributed by atoms with Gasteiger partial charge >= 0.3 is 0 Å². The third kappa shape index (κ3) is 4.14. The molecule has 5 aromatic carbocycles. The van der Waals surface area contributed by atoms with Crippen LogP contribution in [0.2, 0.25) is 0 Å². The van der Waals surface area contributed by atoms with E-state index < -0.39 is 0 Å². The number of halogens is 1. The Bertz CT molecular complexity index is 1310. The standard InChI is InChI=1S/C30H28N.ClH/c1-31(2,3)21-22-17-19-24(20-18-22)30-27-15-9-7-13-25(27)29(23-11-5-4-6-12-23)26-14-8-10-16-28(26)30;/h4-20H,21H2,1-3H3;1H/q+1;/p-1. The second-order valence-electron chi connectivity index (χ2n) is 9.35. The molecule has 5 aromatic rings. The molecule has 0 unspecified atom stereocenters. The first-order valence-electron chi connectivity index (χ1n) is 10.9. The molecule has 0 aliphatic carbocycles. The maximum atomic E-state index is 2.29. The molecule has 0 radical (unpaired) electrons. The molecule has 0 bridgehead atoms. The van der Waals surface area contributed by atoms with Gasteiger partial charge in [-0.25, -0.2) is 0 Å². The molecule has 0 saturated carbocycles. The third-order valence-corrected chi connectivity index (χ3v) is 5.89. The van der Waals surface area contributed by atoms with E-state index in [9.17, 15) is 0 Å². The molecular weight excluding hydrogens is 410 g/mol. The lowest BCUT2D eigenvalue weighted by atomic mass is 9.86. The fourth-order valence-corrected chi connectivity index (χ4v) is 4.68. The van der Waals surface area contributed by atoms with E-state index in [0.717, 1.165) is 11.0 Å². The Morgan fingerprint density at radius 1 is 0.469 bits per heavy atom. The molecule has 0 atom stereocenters. The van der Waals surface area contributed by atoms with Gasteiger partial charge in [0.1, 0.15) is 6.54 Å². The number of quaternary nitrogens is 1. The smallest absolute Gasteiger partial charge is 0.104 e. The number of hydrogen-bond donors (Lipinski definition) is 0. The van der Waals surface area contributed by atoms with Gasteiger partial charge in [-0.05, 0) is 43.8 Å². The summed E-state index contributed by atoms with van der Waals surface area (Å²) in [6.07, 6.45) is 0. The van der Waals surface area contributed by atoms with Gasteiger partial charge in [-0.3, -0.25) is 0 Å². The van der Waals surface area contributed by atoms with Crippen LogP contribution in [0, 0.1) is 0 Å². The normalized spacial score (nSPS) is 11.5. The summed E-state index contributed by atoms with van der Waals surface area (Å²) in [4.78, 5) is 0. The minimum absolute atomic E-state index is 0. The first kappa shape index (κ1) is 22.1. The molecule has 0 saturated heterocycles. The van der Waals surface area contributed by atoms with Crippen LogP contribution in [0.3, 0.4) is 0 Å². The monoisotopic (exact) mass is 437 g/mol. The summed E-state index contributed by atoms with van der Waals surface area (Å²) in [6, 6.07) is 37.6. The predicted octanol–water partition coefficient (Wildman–Crippen LogP) is 4.54. The average molecular weight is 438 g/mol. The molecule has 160 valence electrons. The SMILES string of the molecule is C[N+](C)(C)Cc1ccc(-c2c3ccccc3c(-c3ccccc3)c3ccccc23)cc1.[Cl-]. The van der Waals surface area contributed by atoms with E-state index in [4.69, 9.17) is 0 Å². The van der Waals surface area contributed by atoms with Gasteiger partial charge in [-0.15, -0.1) is 0 Å². The molecule has 5 rings (SSSR count). The number of fused-ring (bicyclic) bond motifs is 2. The van der Waals surface area contributed by atoms with Crippen molar-refractivity contribution in [2.75, 3.05) is 21.1 Å². The zero-order chi connectivity index (χ0) is 21.4. The van der Waals surface area contributed by atoms with E-state index >= 15 is 0 Å². The first-order chi connectivity index (χ1) is 15.0. The highest BCUT2D eigenvalue weighted by atomic mass is 35.5. The van der Waals surface area contributed by atoms with Crippen LogP contribution in [0.25, 0.3) is 43.8 Å². The van der Waals surface area contributed by atoms with Crippen LogP contribution in [-0.2, 0) is 6.54 Å². The van der Waals surface area contributed by atoms with Crippen molar-refractivity contribution < 1.29 is 16.9 Å². The molecule has 0 aliphatic heterocycles. The maximum absolute atomic E-state index is 2.29. The van der Waals surface area contributed by atoms with E-state index in [1.165, 1.54) is 49.4 Å². The van der Waals surface area contributed by atoms with Crippen LogP contribution in [0.5, 0.6) is 0 Å². The molecule has 0 aromatic heterocycles. The lowest BCUT2D eigenvalue weighted by Gasteiger charge is -2.24. The van der Waals surface area contributed by atoms with Gasteiger partial charge in [0.25, 0.3) is 0 Å². The van der Waals surface area contributed by atoms with E-state index in [1.807, 2.05) is 0 Å². The molecule has 1 nitrogen and oxygen atoms in total. The fraction of sp³-hybridized carbons (Fsp3) is 0.133. The summed E-state index contributed by atoms with van der Waals surface area (Å²) in [5.41, 5.74) is 6.54. The lowest BCUT2D eigenvalue weighted by molar-refractivity contribution is -0.884. The van der Waals surface area contributed by atoms with Crippen LogP contribution in [0.15, 0.2) is 103 Å². The first-order valence-corrected chi connectivity index (χ1v) is 10.9. The summed E-state index contributed by atoms with van der Waals surface area (Å²) in [5.74, 6) is 0. The number of hydrogen-bond acceptors (Lipinski definition) is 0. The van der Waals surface area contributed by atoms with Gasteiger partial charge in [0.2, 0.25) is 0 Å². The van der Waals surface area contributed by atoms with E-state index in [1.54, 1.807) is 0 Å². The van der Waals surface area contributed by atoms with Crippen LogP contribution in [-0.4, -0.2) is 25.6 Å². The second kappa shape index (κ2) is 8.78. The van der Waals surface area contributed by atoms with Crippen LogP contribution in [0.4, 0.5) is 0 Å². The van der Waals surface area contributed by atoms with Crippen LogP contribution in [0.1, 0.15) is 5.56 Å². The highest BCUT2D eigenvalue weighted by molar-refractivity contribution is 6.21. The fourth-order valence-electron chi connectivity index (χ4n) is 4.68. The molecule has 0 spiro atoms. The number of nitrogens with zero attached hydrogens (tertiary/aromatic N) is 1. The van der Waals surface area contributed by atoms with Gasteiger partial charge < -0.3 is 16.9 Å². The van der Waals surface area contributed by atoms with Gasteiger partial charge in [0.05, 0.1) is 21.1 Å². The number of rotatable bonds is 4. The van der Waals surface area contributed by atoms with Crippen molar-refractivity contribution in [2.24, 2.45) is 0 Å². The highest BCUT2D eigenvalue weighted by Crippen LogP contribution is 2.43. The highest BCUT2D eigenvalue weighted by Gasteiger charge is 2.16. The van der Waals surface area contributed by atoms with Crippen molar-refractivity contribution in [3.63, 3.8) is 0 Å². The van der Waals surface area contributed by atoms with Gasteiger partial charge in [0, 0.05) is 5.56 Å². The van der Waals surface area contributed by atoms with Gasteiger partial charge in [-0.1, -0.05) is 103 Å². The summed E-state index contributed by atoms with van der Waals surface area (Å²) in [5, 5.41) is 5.22. The van der Waals surface area contributed by atoms with Crippen LogP contribution >= 0.6 is 0 Å². The minimum atomic E-state index is 0. The quantitative estimate of drug-likeness (QED) is 0.286. The Labute approximate surface area is 196 Å². The summed E-state index contributed by atoms with van der Waals surface area (Å²) >= 11 is 0. The van der Waals surface area contributed by atoms with Crippen LogP contribution < -0.4 is 12.4 Å². The minimum Gasteiger partial charge on any atom is -1.00 e. The molecule has 0 amide bonds. The van der Waals surface area contributed by atoms with E-state index in [0.29, 0.717) is 0 Å². The third-order valence-electron chi connectivity index (χ3n) is 5.89. The largest absolute Gasteiger partial charge is 1.00 e. The van der Waals surface area contributed by atoms with E-state index in [2.05, 4.69) is 124 Å². The van der Waals surface area contributed by atoms with E-state index in [-0.39, 0.29) is 12.4 Å². The van der Waals surface area contributed by atoms with Crippen molar-refractivity contribution >= 4 is 21.5 Å². The molecule has 0 aliphatic rings. The van der Waals surface area contributed by atoms with Crippen molar-refractivity contribution in [3.05, 3.63) is 109 Å². The molecule has 0 N–H and O–H groups in total. The Morgan fingerprint density at radius 3 is 1.25 bits per heavy atom. The molecule has 2 heteroatoms. The zero-order valence-corrected chi connectivity index (χ0v) is 19.6. The Balaban J connectivity index is 0.00000245.